The minimum atomic E-state index is -0.563. The van der Waals surface area contributed by atoms with Gasteiger partial charge in [0.15, 0.2) is 0 Å². The van der Waals surface area contributed by atoms with Crippen molar-refractivity contribution in [2.24, 2.45) is 10.2 Å². The van der Waals surface area contributed by atoms with Crippen molar-refractivity contribution < 1.29 is 20.1 Å². The van der Waals surface area contributed by atoms with Gasteiger partial charge in [0, 0.05) is 49.5 Å². The maximum absolute atomic E-state index is 10.8. The molecule has 0 aliphatic carbocycles. The minimum absolute atomic E-state index is 0.128. The second-order valence-electron chi connectivity index (χ2n) is 6.25. The lowest BCUT2D eigenvalue weighted by molar-refractivity contribution is -0.385. The van der Waals surface area contributed by atoms with Gasteiger partial charge in [0.2, 0.25) is 0 Å². The molecule has 0 amide bonds. The predicted octanol–water partition coefficient (Wildman–Crippen LogP) is 2.15. The Bertz CT molecular complexity index is 914. The molecule has 2 aromatic carbocycles. The first-order chi connectivity index (χ1) is 14.2. The molecule has 2 aromatic rings. The van der Waals surface area contributed by atoms with E-state index in [2.05, 4.69) is 10.2 Å². The number of phenols is 2. The third kappa shape index (κ3) is 6.15. The van der Waals surface area contributed by atoms with Gasteiger partial charge in [-0.3, -0.25) is 30.2 Å². The fourth-order valence-electron chi connectivity index (χ4n) is 2.24. The van der Waals surface area contributed by atoms with E-state index in [1.807, 2.05) is 0 Å². The van der Waals surface area contributed by atoms with Crippen LogP contribution in [-0.2, 0) is 0 Å². The SMILES string of the molecule is CN(CCN(C)/N=C\c1cc([N+](=O)[O-])ccc1O)/N=C\c1cc([N+](=O)[O-])ccc1O. The van der Waals surface area contributed by atoms with Crippen LogP contribution in [0.3, 0.4) is 0 Å². The summed E-state index contributed by atoms with van der Waals surface area (Å²) in [5, 5.41) is 52.5. The first kappa shape index (κ1) is 22.1. The van der Waals surface area contributed by atoms with Gasteiger partial charge in [0.05, 0.1) is 35.4 Å². The van der Waals surface area contributed by atoms with Gasteiger partial charge in [-0.2, -0.15) is 10.2 Å². The van der Waals surface area contributed by atoms with Crippen LogP contribution in [0.1, 0.15) is 11.1 Å². The Kier molecular flexibility index (Phi) is 7.22. The summed E-state index contributed by atoms with van der Waals surface area (Å²) < 4.78 is 0. The molecule has 0 saturated heterocycles. The largest absolute Gasteiger partial charge is 0.507 e. The number of rotatable bonds is 9. The molecule has 0 spiro atoms. The summed E-state index contributed by atoms with van der Waals surface area (Å²) in [5.74, 6) is -0.257. The van der Waals surface area contributed by atoms with Gasteiger partial charge in [-0.1, -0.05) is 0 Å². The van der Waals surface area contributed by atoms with Gasteiger partial charge < -0.3 is 10.2 Å². The monoisotopic (exact) mass is 416 g/mol. The standard InChI is InChI=1S/C18H20N6O6/c1-21(19-11-13-9-15(23(27)28)3-5-17(13)25)7-8-22(2)20-12-14-10-16(24(29)30)4-6-18(14)26/h3-6,9-12,25-26H,7-8H2,1-2H3/b19-11-,20-12-. The zero-order chi connectivity index (χ0) is 22.3. The van der Waals surface area contributed by atoms with E-state index in [1.165, 1.54) is 48.8 Å². The quantitative estimate of drug-likeness (QED) is 0.357. The van der Waals surface area contributed by atoms with Gasteiger partial charge in [-0.05, 0) is 12.1 Å². The summed E-state index contributed by atoms with van der Waals surface area (Å²) >= 11 is 0. The Morgan fingerprint density at radius 3 is 1.53 bits per heavy atom. The van der Waals surface area contributed by atoms with Crippen molar-refractivity contribution in [1.29, 1.82) is 0 Å². The summed E-state index contributed by atoms with van der Waals surface area (Å²) in [4.78, 5) is 20.5. The van der Waals surface area contributed by atoms with Crippen molar-refractivity contribution in [2.75, 3.05) is 27.2 Å². The van der Waals surface area contributed by atoms with Gasteiger partial charge in [-0.25, -0.2) is 0 Å². The highest BCUT2D eigenvalue weighted by Crippen LogP contribution is 2.22. The van der Waals surface area contributed by atoms with E-state index < -0.39 is 9.85 Å². The number of nitro benzene ring substituents is 2. The van der Waals surface area contributed by atoms with Crippen LogP contribution in [0.4, 0.5) is 11.4 Å². The Morgan fingerprint density at radius 2 is 1.20 bits per heavy atom. The molecule has 0 unspecified atom stereocenters. The molecule has 0 saturated carbocycles. The lowest BCUT2D eigenvalue weighted by Crippen LogP contribution is -2.25. The molecule has 12 nitrogen and oxygen atoms in total. The summed E-state index contributed by atoms with van der Waals surface area (Å²) in [7, 11) is 3.35. The van der Waals surface area contributed by atoms with Crippen molar-refractivity contribution in [3.8, 4) is 11.5 Å². The molecule has 0 aliphatic rings. The van der Waals surface area contributed by atoms with E-state index in [9.17, 15) is 30.4 Å². The number of non-ortho nitro benzene ring substituents is 2. The second-order valence-corrected chi connectivity index (χ2v) is 6.25. The normalized spacial score (nSPS) is 11.1. The van der Waals surface area contributed by atoms with Gasteiger partial charge in [0.1, 0.15) is 11.5 Å². The molecule has 0 aromatic heterocycles. The first-order valence-corrected chi connectivity index (χ1v) is 8.62. The number of benzene rings is 2. The average molecular weight is 416 g/mol. The Balaban J connectivity index is 1.94. The summed E-state index contributed by atoms with van der Waals surface area (Å²) in [6, 6.07) is 7.28. The fourth-order valence-corrected chi connectivity index (χ4v) is 2.24. The third-order valence-corrected chi connectivity index (χ3v) is 3.98. The van der Waals surface area contributed by atoms with Crippen LogP contribution in [-0.4, -0.2) is 69.7 Å². The average Bonchev–Trinajstić information content (AvgIpc) is 2.70. The molecule has 0 bridgehead atoms. The third-order valence-electron chi connectivity index (χ3n) is 3.98. The first-order valence-electron chi connectivity index (χ1n) is 8.62. The number of hydrazone groups is 2. The van der Waals surface area contributed by atoms with Crippen molar-refractivity contribution in [3.05, 3.63) is 67.8 Å². The van der Waals surface area contributed by atoms with Crippen LogP contribution in [0, 0.1) is 20.2 Å². The van der Waals surface area contributed by atoms with Gasteiger partial charge in [-0.15, -0.1) is 0 Å². The molecular weight excluding hydrogens is 396 g/mol. The summed E-state index contributed by atoms with van der Waals surface area (Å²) in [6.45, 7) is 0.835. The molecule has 0 radical (unpaired) electrons. The highest BCUT2D eigenvalue weighted by Gasteiger charge is 2.10. The highest BCUT2D eigenvalue weighted by molar-refractivity contribution is 5.84. The van der Waals surface area contributed by atoms with E-state index in [4.69, 9.17) is 0 Å². The number of phenolic OH excluding ortho intramolecular Hbond substituents is 2. The molecule has 2 rings (SSSR count). The van der Waals surface area contributed by atoms with E-state index in [-0.39, 0.29) is 34.0 Å². The number of aromatic hydroxyl groups is 2. The zero-order valence-electron chi connectivity index (χ0n) is 16.2. The highest BCUT2D eigenvalue weighted by atomic mass is 16.6. The van der Waals surface area contributed by atoms with Gasteiger partial charge in [0.25, 0.3) is 11.4 Å². The van der Waals surface area contributed by atoms with E-state index in [1.54, 1.807) is 24.1 Å². The molecule has 158 valence electrons. The van der Waals surface area contributed by atoms with Crippen LogP contribution in [0.2, 0.25) is 0 Å². The van der Waals surface area contributed by atoms with Crippen molar-refractivity contribution in [1.82, 2.24) is 10.0 Å². The van der Waals surface area contributed by atoms with E-state index in [0.29, 0.717) is 13.1 Å². The molecule has 0 atom stereocenters. The summed E-state index contributed by atoms with van der Waals surface area (Å²) in [5.41, 5.74) is 0.109. The molecule has 0 aliphatic heterocycles. The Labute approximate surface area is 171 Å². The van der Waals surface area contributed by atoms with Crippen LogP contribution in [0.5, 0.6) is 11.5 Å². The maximum Gasteiger partial charge on any atom is 0.270 e. The predicted molar refractivity (Wildman–Crippen MR) is 110 cm³/mol. The Morgan fingerprint density at radius 1 is 0.833 bits per heavy atom. The molecule has 0 heterocycles. The molecule has 2 N–H and O–H groups in total. The van der Waals surface area contributed by atoms with E-state index >= 15 is 0 Å². The number of hydrogen-bond acceptors (Lipinski definition) is 10. The van der Waals surface area contributed by atoms with Crippen LogP contribution < -0.4 is 0 Å². The number of likely N-dealkylation sites (N-methyl/N-ethyl adjacent to an activating group) is 2. The molecule has 30 heavy (non-hydrogen) atoms. The molecule has 12 heteroatoms. The van der Waals surface area contributed by atoms with Gasteiger partial charge >= 0.3 is 0 Å². The lowest BCUT2D eigenvalue weighted by atomic mass is 10.2. The topological polar surface area (TPSA) is 158 Å². The molecular formula is C18H20N6O6. The van der Waals surface area contributed by atoms with Crippen molar-refractivity contribution >= 4 is 23.8 Å². The Hall–Kier alpha value is -4.22. The summed E-state index contributed by atoms with van der Waals surface area (Å²) in [6.07, 6.45) is 2.62. The van der Waals surface area contributed by atoms with E-state index in [0.717, 1.165) is 0 Å². The zero-order valence-corrected chi connectivity index (χ0v) is 16.2. The smallest absolute Gasteiger partial charge is 0.270 e. The number of nitrogens with zero attached hydrogens (tertiary/aromatic N) is 6. The van der Waals surface area contributed by atoms with Crippen LogP contribution in [0.15, 0.2) is 46.6 Å². The minimum Gasteiger partial charge on any atom is -0.507 e. The van der Waals surface area contributed by atoms with Crippen LogP contribution >= 0.6 is 0 Å². The second kappa shape index (κ2) is 9.82. The number of hydrogen-bond donors (Lipinski definition) is 2. The number of nitro groups is 2. The fraction of sp³-hybridized carbons (Fsp3) is 0.222. The molecule has 0 fully saturated rings. The maximum atomic E-state index is 10.8. The van der Waals surface area contributed by atoms with Crippen molar-refractivity contribution in [3.63, 3.8) is 0 Å². The van der Waals surface area contributed by atoms with Crippen molar-refractivity contribution in [2.45, 2.75) is 0 Å². The lowest BCUT2D eigenvalue weighted by Gasteiger charge is -2.17. The van der Waals surface area contributed by atoms with Crippen LogP contribution in [0.25, 0.3) is 0 Å².